The van der Waals surface area contributed by atoms with Gasteiger partial charge in [0.15, 0.2) is 0 Å². The Hall–Kier alpha value is -0.510. The fourth-order valence-electron chi connectivity index (χ4n) is 3.65. The molecule has 0 aromatic carbocycles. The zero-order valence-electron chi connectivity index (χ0n) is 13.9. The highest BCUT2D eigenvalue weighted by molar-refractivity contribution is 5.01. The van der Waals surface area contributed by atoms with Crippen molar-refractivity contribution in [1.29, 1.82) is 5.26 Å². The van der Waals surface area contributed by atoms with Gasteiger partial charge in [0.2, 0.25) is 0 Å². The second kappa shape index (κ2) is 10.3. The second-order valence-electron chi connectivity index (χ2n) is 6.97. The van der Waals surface area contributed by atoms with Gasteiger partial charge in [-0.25, -0.2) is 0 Å². The van der Waals surface area contributed by atoms with Gasteiger partial charge in [0.25, 0.3) is 0 Å². The lowest BCUT2D eigenvalue weighted by Crippen LogP contribution is -2.25. The number of hydrogen-bond donors (Lipinski definition) is 0. The van der Waals surface area contributed by atoms with Crippen molar-refractivity contribution in [3.63, 3.8) is 0 Å². The van der Waals surface area contributed by atoms with Crippen molar-refractivity contribution in [3.05, 3.63) is 0 Å². The van der Waals surface area contributed by atoms with Crippen molar-refractivity contribution in [1.82, 2.24) is 0 Å². The lowest BCUT2D eigenvalue weighted by molar-refractivity contribution is 0.189. The largest absolute Gasteiger partial charge is 0.198 e. The van der Waals surface area contributed by atoms with Crippen LogP contribution in [0.15, 0.2) is 0 Å². The summed E-state index contributed by atoms with van der Waals surface area (Å²) in [7, 11) is 0. The van der Waals surface area contributed by atoms with E-state index in [1.807, 2.05) is 0 Å². The van der Waals surface area contributed by atoms with Gasteiger partial charge in [-0.05, 0) is 38.0 Å². The van der Waals surface area contributed by atoms with Gasteiger partial charge in [-0.3, -0.25) is 0 Å². The Morgan fingerprint density at radius 1 is 0.900 bits per heavy atom. The minimum absolute atomic E-state index is 0.0495. The van der Waals surface area contributed by atoms with Gasteiger partial charge in [-0.1, -0.05) is 71.6 Å². The van der Waals surface area contributed by atoms with Crippen molar-refractivity contribution in [2.75, 3.05) is 0 Å². The SMILES string of the molecule is CCCCCCCCCCC1(C#N)CCC(CC)CC1. The summed E-state index contributed by atoms with van der Waals surface area (Å²) in [6, 6.07) is 2.68. The third-order valence-electron chi connectivity index (χ3n) is 5.39. The topological polar surface area (TPSA) is 23.8 Å². The Balaban J connectivity index is 2.09. The molecule has 0 bridgehead atoms. The molecule has 0 aromatic heterocycles. The van der Waals surface area contributed by atoms with Gasteiger partial charge < -0.3 is 0 Å². The van der Waals surface area contributed by atoms with Crippen LogP contribution >= 0.6 is 0 Å². The van der Waals surface area contributed by atoms with Crippen LogP contribution in [0.1, 0.15) is 104 Å². The van der Waals surface area contributed by atoms with Crippen LogP contribution in [0.5, 0.6) is 0 Å². The number of rotatable bonds is 10. The van der Waals surface area contributed by atoms with Crippen LogP contribution in [0, 0.1) is 22.7 Å². The lowest BCUT2D eigenvalue weighted by Gasteiger charge is -2.34. The highest BCUT2D eigenvalue weighted by atomic mass is 14.4. The molecule has 1 aliphatic rings. The van der Waals surface area contributed by atoms with E-state index in [0.29, 0.717) is 0 Å². The Kier molecular flexibility index (Phi) is 8.99. The number of unbranched alkanes of at least 4 members (excludes halogenated alkanes) is 7. The first-order valence-electron chi connectivity index (χ1n) is 9.17. The normalized spacial score (nSPS) is 26.4. The van der Waals surface area contributed by atoms with Gasteiger partial charge in [0, 0.05) is 0 Å². The zero-order chi connectivity index (χ0) is 14.7. The van der Waals surface area contributed by atoms with Gasteiger partial charge >= 0.3 is 0 Å². The molecule has 0 amide bonds. The molecule has 0 aliphatic heterocycles. The van der Waals surface area contributed by atoms with E-state index < -0.39 is 0 Å². The molecular weight excluding hydrogens is 242 g/mol. The summed E-state index contributed by atoms with van der Waals surface area (Å²) >= 11 is 0. The molecule has 0 spiro atoms. The molecule has 1 saturated carbocycles. The highest BCUT2D eigenvalue weighted by Gasteiger charge is 2.34. The molecule has 20 heavy (non-hydrogen) atoms. The summed E-state index contributed by atoms with van der Waals surface area (Å²) in [5.74, 6) is 0.898. The minimum Gasteiger partial charge on any atom is -0.198 e. The molecule has 0 aromatic rings. The molecule has 1 nitrogen and oxygen atoms in total. The quantitative estimate of drug-likeness (QED) is 0.411. The third-order valence-corrected chi connectivity index (χ3v) is 5.39. The first-order valence-corrected chi connectivity index (χ1v) is 9.17. The maximum atomic E-state index is 9.55. The average molecular weight is 277 g/mol. The summed E-state index contributed by atoms with van der Waals surface area (Å²) in [5, 5.41) is 9.55. The van der Waals surface area contributed by atoms with Crippen molar-refractivity contribution < 1.29 is 0 Å². The summed E-state index contributed by atoms with van der Waals surface area (Å²) < 4.78 is 0. The number of hydrogen-bond acceptors (Lipinski definition) is 1. The first-order chi connectivity index (χ1) is 9.76. The molecule has 0 N–H and O–H groups in total. The average Bonchev–Trinajstić information content (AvgIpc) is 2.50. The fourth-order valence-corrected chi connectivity index (χ4v) is 3.65. The van der Waals surface area contributed by atoms with Crippen LogP contribution in [0.4, 0.5) is 0 Å². The molecule has 1 heteroatoms. The van der Waals surface area contributed by atoms with Gasteiger partial charge in [0.1, 0.15) is 0 Å². The lowest BCUT2D eigenvalue weighted by atomic mass is 9.68. The van der Waals surface area contributed by atoms with Crippen LogP contribution < -0.4 is 0 Å². The third kappa shape index (κ3) is 6.29. The summed E-state index contributed by atoms with van der Waals surface area (Å²) in [6.07, 6.45) is 18.3. The van der Waals surface area contributed by atoms with Gasteiger partial charge in [0.05, 0.1) is 11.5 Å². The molecule has 0 heterocycles. The molecule has 116 valence electrons. The van der Waals surface area contributed by atoms with E-state index >= 15 is 0 Å². The Bertz CT molecular complexity index is 268. The highest BCUT2D eigenvalue weighted by Crippen LogP contribution is 2.43. The second-order valence-corrected chi connectivity index (χ2v) is 6.97. The number of nitrogens with zero attached hydrogens (tertiary/aromatic N) is 1. The molecule has 1 rings (SSSR count). The van der Waals surface area contributed by atoms with Crippen LogP contribution in [-0.2, 0) is 0 Å². The van der Waals surface area contributed by atoms with E-state index in [2.05, 4.69) is 19.9 Å². The van der Waals surface area contributed by atoms with Gasteiger partial charge in [-0.15, -0.1) is 0 Å². The maximum absolute atomic E-state index is 9.55. The van der Waals surface area contributed by atoms with Crippen molar-refractivity contribution in [2.24, 2.45) is 11.3 Å². The molecule has 1 fully saturated rings. The molecule has 0 radical (unpaired) electrons. The standard InChI is InChI=1S/C19H35N/c1-3-5-6-7-8-9-10-11-14-19(17-20)15-12-18(4-2)13-16-19/h18H,3-16H2,1-2H3. The molecule has 1 aliphatic carbocycles. The summed E-state index contributed by atoms with van der Waals surface area (Å²) in [4.78, 5) is 0. The maximum Gasteiger partial charge on any atom is 0.0689 e. The minimum atomic E-state index is 0.0495. The van der Waals surface area contributed by atoms with E-state index in [4.69, 9.17) is 0 Å². The van der Waals surface area contributed by atoms with E-state index in [-0.39, 0.29) is 5.41 Å². The van der Waals surface area contributed by atoms with E-state index in [1.54, 1.807) is 0 Å². The van der Waals surface area contributed by atoms with E-state index in [9.17, 15) is 5.26 Å². The predicted molar refractivity (Wildman–Crippen MR) is 87.5 cm³/mol. The Morgan fingerprint density at radius 2 is 1.45 bits per heavy atom. The van der Waals surface area contributed by atoms with E-state index in [1.165, 1.54) is 83.5 Å². The zero-order valence-corrected chi connectivity index (χ0v) is 13.9. The van der Waals surface area contributed by atoms with Crippen molar-refractivity contribution in [2.45, 2.75) is 104 Å². The van der Waals surface area contributed by atoms with E-state index in [0.717, 1.165) is 12.3 Å². The van der Waals surface area contributed by atoms with Crippen LogP contribution in [0.25, 0.3) is 0 Å². The summed E-state index contributed by atoms with van der Waals surface area (Å²) in [5.41, 5.74) is 0.0495. The number of nitriles is 1. The van der Waals surface area contributed by atoms with Crippen LogP contribution in [-0.4, -0.2) is 0 Å². The smallest absolute Gasteiger partial charge is 0.0689 e. The fraction of sp³-hybridized carbons (Fsp3) is 0.947. The molecule has 0 unspecified atom stereocenters. The predicted octanol–water partition coefficient (Wildman–Crippen LogP) is 6.63. The van der Waals surface area contributed by atoms with Crippen LogP contribution in [0.3, 0.4) is 0 Å². The molecule has 0 saturated heterocycles. The monoisotopic (exact) mass is 277 g/mol. The van der Waals surface area contributed by atoms with Crippen molar-refractivity contribution >= 4 is 0 Å². The van der Waals surface area contributed by atoms with Crippen LogP contribution in [0.2, 0.25) is 0 Å². The van der Waals surface area contributed by atoms with Gasteiger partial charge in [-0.2, -0.15) is 5.26 Å². The first kappa shape index (κ1) is 17.5. The molecular formula is C19H35N. The van der Waals surface area contributed by atoms with Crippen molar-refractivity contribution in [3.8, 4) is 6.07 Å². The summed E-state index contributed by atoms with van der Waals surface area (Å²) in [6.45, 7) is 4.57. The Labute approximate surface area is 127 Å². The molecule has 0 atom stereocenters. The Morgan fingerprint density at radius 3 is 1.95 bits per heavy atom.